The first kappa shape index (κ1) is 24.8. The van der Waals surface area contributed by atoms with Crippen molar-refractivity contribution in [2.45, 2.75) is 57.2 Å². The van der Waals surface area contributed by atoms with Gasteiger partial charge in [0, 0.05) is 38.9 Å². The molecule has 11 heteroatoms. The van der Waals surface area contributed by atoms with Gasteiger partial charge in [0.1, 0.15) is 34.5 Å². The van der Waals surface area contributed by atoms with Crippen molar-refractivity contribution in [1.82, 2.24) is 15.2 Å². The largest absolute Gasteiger partial charge is 0.491 e. The minimum absolute atomic E-state index is 0.00242. The van der Waals surface area contributed by atoms with Crippen LogP contribution in [-0.4, -0.2) is 90.2 Å². The van der Waals surface area contributed by atoms with E-state index in [1.165, 1.54) is 6.07 Å². The summed E-state index contributed by atoms with van der Waals surface area (Å²) in [4.78, 5) is 32.9. The Hall–Kier alpha value is -2.30. The maximum Gasteiger partial charge on any atom is 0.410 e. The van der Waals surface area contributed by atoms with Crippen LogP contribution in [0.5, 0.6) is 5.75 Å². The summed E-state index contributed by atoms with van der Waals surface area (Å²) in [6, 6.07) is 1.25. The molecule has 0 aliphatic carbocycles. The molecule has 1 amide bonds. The van der Waals surface area contributed by atoms with E-state index < -0.39 is 11.6 Å². The molecular formula is C23H33ClN4O6. The van der Waals surface area contributed by atoms with Crippen molar-refractivity contribution in [3.63, 3.8) is 0 Å². The second-order valence-corrected chi connectivity index (χ2v) is 10.5. The molecule has 1 unspecified atom stereocenters. The molecule has 1 spiro atoms. The topological polar surface area (TPSA) is 113 Å². The molecule has 3 aliphatic rings. The van der Waals surface area contributed by atoms with Crippen molar-refractivity contribution in [3.05, 3.63) is 16.8 Å². The predicted molar refractivity (Wildman–Crippen MR) is 126 cm³/mol. The molecule has 2 N–H and O–H groups in total. The number of carboxylic acid groups (broad SMARTS) is 1. The molecular weight excluding hydrogens is 464 g/mol. The van der Waals surface area contributed by atoms with Gasteiger partial charge < -0.3 is 34.4 Å². The Labute approximate surface area is 204 Å². The zero-order chi connectivity index (χ0) is 24.5. The van der Waals surface area contributed by atoms with Crippen LogP contribution in [0.1, 0.15) is 50.4 Å². The van der Waals surface area contributed by atoms with E-state index in [2.05, 4.69) is 10.3 Å². The summed E-state index contributed by atoms with van der Waals surface area (Å²) < 4.78 is 17.1. The summed E-state index contributed by atoms with van der Waals surface area (Å²) in [5.74, 6) is -0.633. The number of ether oxygens (including phenoxy) is 3. The van der Waals surface area contributed by atoms with Gasteiger partial charge in [-0.25, -0.2) is 14.6 Å². The van der Waals surface area contributed by atoms with Crippen LogP contribution in [0.3, 0.4) is 0 Å². The number of carbonyl (C=O) groups is 2. The molecule has 0 aromatic carbocycles. The number of aromatic nitrogens is 1. The van der Waals surface area contributed by atoms with Gasteiger partial charge in [0.05, 0.1) is 18.2 Å². The number of halogens is 1. The van der Waals surface area contributed by atoms with E-state index in [1.54, 1.807) is 4.90 Å². The summed E-state index contributed by atoms with van der Waals surface area (Å²) in [6.45, 7) is 9.01. The van der Waals surface area contributed by atoms with Gasteiger partial charge in [-0.1, -0.05) is 11.6 Å². The lowest BCUT2D eigenvalue weighted by atomic mass is 9.95. The van der Waals surface area contributed by atoms with E-state index in [-0.39, 0.29) is 40.7 Å². The first-order valence-electron chi connectivity index (χ1n) is 11.7. The number of nitrogens with zero attached hydrogens (tertiary/aromatic N) is 3. The molecule has 34 heavy (non-hydrogen) atoms. The number of carboxylic acids is 1. The lowest BCUT2D eigenvalue weighted by Gasteiger charge is -2.36. The highest BCUT2D eigenvalue weighted by Gasteiger charge is 2.46. The quantitative estimate of drug-likeness (QED) is 0.594. The standard InChI is InChI=1S/C23H33ClN4O6/c1-22(2,3)34-21(31)27-9-7-25-15(12-27)13-33-16-11-17(24)26-19(18(16)20(29)30)28-8-4-5-23(28)6-10-32-14-23/h11,15,25H,4-10,12-14H2,1-3H3,(H,29,30)/t15-,23?/m1/s1. The summed E-state index contributed by atoms with van der Waals surface area (Å²) >= 11 is 6.32. The second kappa shape index (κ2) is 9.75. The molecule has 10 nitrogen and oxygen atoms in total. The molecule has 2 atom stereocenters. The van der Waals surface area contributed by atoms with Crippen LogP contribution >= 0.6 is 11.6 Å². The smallest absolute Gasteiger partial charge is 0.410 e. The number of hydrogen-bond acceptors (Lipinski definition) is 8. The third kappa shape index (κ3) is 5.34. The Bertz CT molecular complexity index is 925. The highest BCUT2D eigenvalue weighted by atomic mass is 35.5. The van der Waals surface area contributed by atoms with Crippen molar-refractivity contribution < 1.29 is 28.9 Å². The number of aromatic carboxylic acids is 1. The fraction of sp³-hybridized carbons (Fsp3) is 0.696. The molecule has 4 rings (SSSR count). The van der Waals surface area contributed by atoms with Crippen LogP contribution in [0.15, 0.2) is 6.07 Å². The van der Waals surface area contributed by atoms with Crippen LogP contribution in [0.4, 0.5) is 10.6 Å². The van der Waals surface area contributed by atoms with Crippen molar-refractivity contribution in [3.8, 4) is 5.75 Å². The fourth-order valence-electron chi connectivity index (χ4n) is 4.89. The van der Waals surface area contributed by atoms with Gasteiger partial charge in [-0.3, -0.25) is 0 Å². The molecule has 0 radical (unpaired) electrons. The van der Waals surface area contributed by atoms with E-state index in [1.807, 2.05) is 25.7 Å². The van der Waals surface area contributed by atoms with Crippen molar-refractivity contribution >= 4 is 29.5 Å². The molecule has 3 fully saturated rings. The number of piperazine rings is 1. The molecule has 0 saturated carbocycles. The summed E-state index contributed by atoms with van der Waals surface area (Å²) in [5, 5.41) is 13.6. The van der Waals surface area contributed by atoms with Gasteiger partial charge >= 0.3 is 12.1 Å². The van der Waals surface area contributed by atoms with E-state index >= 15 is 0 Å². The molecule has 1 aromatic heterocycles. The van der Waals surface area contributed by atoms with Gasteiger partial charge in [0.2, 0.25) is 0 Å². The zero-order valence-electron chi connectivity index (χ0n) is 19.9. The van der Waals surface area contributed by atoms with Crippen molar-refractivity contribution in [2.24, 2.45) is 0 Å². The summed E-state index contributed by atoms with van der Waals surface area (Å²) in [6.07, 6.45) is 2.29. The van der Waals surface area contributed by atoms with Gasteiger partial charge in [0.25, 0.3) is 0 Å². The molecule has 1 aromatic rings. The average molecular weight is 497 g/mol. The van der Waals surface area contributed by atoms with E-state index in [9.17, 15) is 14.7 Å². The van der Waals surface area contributed by atoms with Crippen LogP contribution in [0.25, 0.3) is 0 Å². The minimum atomic E-state index is -1.12. The second-order valence-electron chi connectivity index (χ2n) is 10.1. The molecule has 188 valence electrons. The maximum atomic E-state index is 12.5. The average Bonchev–Trinajstić information content (AvgIpc) is 3.40. The Kier molecular flexibility index (Phi) is 7.12. The van der Waals surface area contributed by atoms with Gasteiger partial charge in [0.15, 0.2) is 0 Å². The van der Waals surface area contributed by atoms with Gasteiger partial charge in [-0.05, 0) is 40.0 Å². The predicted octanol–water partition coefficient (Wildman–Crippen LogP) is 2.78. The Balaban J connectivity index is 1.51. The van der Waals surface area contributed by atoms with E-state index in [4.69, 9.17) is 25.8 Å². The highest BCUT2D eigenvalue weighted by Crippen LogP contribution is 2.42. The Morgan fingerprint density at radius 1 is 1.35 bits per heavy atom. The van der Waals surface area contributed by atoms with Crippen LogP contribution in [0, 0.1) is 0 Å². The van der Waals surface area contributed by atoms with Crippen molar-refractivity contribution in [2.75, 3.05) is 50.9 Å². The SMILES string of the molecule is CC(C)(C)OC(=O)N1CCN[C@@H](COc2cc(Cl)nc(N3CCCC34CCOC4)c2C(=O)O)C1. The lowest BCUT2D eigenvalue weighted by molar-refractivity contribution is 0.0178. The normalized spacial score (nSPS) is 25.1. The number of nitrogens with one attached hydrogen (secondary N) is 1. The van der Waals surface area contributed by atoms with Crippen LogP contribution in [-0.2, 0) is 9.47 Å². The minimum Gasteiger partial charge on any atom is -0.491 e. The number of hydrogen-bond donors (Lipinski definition) is 2. The lowest BCUT2D eigenvalue weighted by Crippen LogP contribution is -2.55. The van der Waals surface area contributed by atoms with Gasteiger partial charge in [-0.15, -0.1) is 0 Å². The zero-order valence-corrected chi connectivity index (χ0v) is 20.7. The van der Waals surface area contributed by atoms with E-state index in [0.29, 0.717) is 45.2 Å². The number of anilines is 1. The number of rotatable bonds is 5. The Morgan fingerprint density at radius 3 is 2.82 bits per heavy atom. The van der Waals surface area contributed by atoms with Crippen molar-refractivity contribution in [1.29, 1.82) is 0 Å². The van der Waals surface area contributed by atoms with Crippen LogP contribution in [0.2, 0.25) is 5.15 Å². The first-order valence-corrected chi connectivity index (χ1v) is 12.1. The molecule has 3 aliphatic heterocycles. The summed E-state index contributed by atoms with van der Waals surface area (Å²) in [7, 11) is 0. The summed E-state index contributed by atoms with van der Waals surface area (Å²) in [5.41, 5.74) is -0.832. The van der Waals surface area contributed by atoms with E-state index in [0.717, 1.165) is 19.3 Å². The monoisotopic (exact) mass is 496 g/mol. The maximum absolute atomic E-state index is 12.5. The van der Waals surface area contributed by atoms with Crippen LogP contribution < -0.4 is 15.0 Å². The number of carbonyl (C=O) groups excluding carboxylic acids is 1. The third-order valence-corrected chi connectivity index (χ3v) is 6.62. The Morgan fingerprint density at radius 2 is 2.15 bits per heavy atom. The first-order chi connectivity index (χ1) is 16.1. The molecule has 3 saturated heterocycles. The van der Waals surface area contributed by atoms with Gasteiger partial charge in [-0.2, -0.15) is 0 Å². The molecule has 0 bridgehead atoms. The highest BCUT2D eigenvalue weighted by molar-refractivity contribution is 6.29. The number of amides is 1. The molecule has 4 heterocycles. The third-order valence-electron chi connectivity index (χ3n) is 6.43. The fourth-order valence-corrected chi connectivity index (χ4v) is 5.06. The number of pyridine rings is 1.